The first kappa shape index (κ1) is 14.3. The third-order valence-corrected chi connectivity index (χ3v) is 3.30. The molecule has 1 aromatic carbocycles. The Balaban J connectivity index is 3.09. The van der Waals surface area contributed by atoms with Crippen LogP contribution in [0.1, 0.15) is 25.5 Å². The highest BCUT2D eigenvalue weighted by atomic mass is 79.9. The Bertz CT molecular complexity index is 401. The van der Waals surface area contributed by atoms with Gasteiger partial charge in [-0.05, 0) is 44.7 Å². The number of benzene rings is 1. The highest BCUT2D eigenvalue weighted by Gasteiger charge is 2.12. The summed E-state index contributed by atoms with van der Waals surface area (Å²) in [6.07, 6.45) is 0. The third-order valence-electron chi connectivity index (χ3n) is 2.81. The quantitative estimate of drug-likeness (QED) is 0.833. The molecule has 94 valence electrons. The molecule has 3 heteroatoms. The minimum absolute atomic E-state index is 0.329. The number of rotatable bonds is 5. The molecule has 0 aliphatic heterocycles. The fourth-order valence-corrected chi connectivity index (χ4v) is 2.24. The summed E-state index contributed by atoms with van der Waals surface area (Å²) in [7, 11) is 4.08. The lowest BCUT2D eigenvalue weighted by Gasteiger charge is -2.25. The van der Waals surface area contributed by atoms with Gasteiger partial charge in [0.2, 0.25) is 0 Å². The maximum atomic E-state index is 3.97. The van der Waals surface area contributed by atoms with Crippen molar-refractivity contribution in [3.8, 4) is 0 Å². The number of likely N-dealkylation sites (N-methyl/N-ethyl adjacent to an activating group) is 1. The Hall–Kier alpha value is -0.800. The van der Waals surface area contributed by atoms with Crippen LogP contribution in [0, 0.1) is 0 Å². The maximum absolute atomic E-state index is 3.97. The summed E-state index contributed by atoms with van der Waals surface area (Å²) >= 11 is 3.53. The molecule has 0 fully saturated rings. The number of halogens is 1. The highest BCUT2D eigenvalue weighted by Crippen LogP contribution is 2.29. The van der Waals surface area contributed by atoms with Crippen molar-refractivity contribution in [3.63, 3.8) is 0 Å². The smallest absolute Gasteiger partial charge is 0.0415 e. The molecule has 1 rings (SSSR count). The van der Waals surface area contributed by atoms with Gasteiger partial charge in [0.05, 0.1) is 0 Å². The Labute approximate surface area is 113 Å². The van der Waals surface area contributed by atoms with Crippen molar-refractivity contribution in [2.75, 3.05) is 25.5 Å². The molecule has 0 heterocycles. The van der Waals surface area contributed by atoms with Crippen molar-refractivity contribution in [1.29, 1.82) is 0 Å². The minimum atomic E-state index is 0.329. The van der Waals surface area contributed by atoms with Crippen LogP contribution < -0.4 is 10.2 Å². The molecule has 0 bridgehead atoms. The van der Waals surface area contributed by atoms with Crippen LogP contribution in [0.25, 0.3) is 0 Å². The zero-order valence-electron chi connectivity index (χ0n) is 11.0. The van der Waals surface area contributed by atoms with E-state index in [2.05, 4.69) is 71.8 Å². The van der Waals surface area contributed by atoms with Crippen molar-refractivity contribution in [2.45, 2.75) is 19.9 Å². The molecule has 17 heavy (non-hydrogen) atoms. The Morgan fingerprint density at radius 3 is 2.71 bits per heavy atom. The van der Waals surface area contributed by atoms with Crippen molar-refractivity contribution >= 4 is 21.6 Å². The van der Waals surface area contributed by atoms with E-state index in [1.54, 1.807) is 0 Å². The molecule has 0 radical (unpaired) electrons. The summed E-state index contributed by atoms with van der Waals surface area (Å²) in [5, 5.41) is 3.29. The Kier molecular flexibility index (Phi) is 5.22. The van der Waals surface area contributed by atoms with Gasteiger partial charge in [-0.3, -0.25) is 0 Å². The predicted octanol–water partition coefficient (Wildman–Crippen LogP) is 3.74. The third kappa shape index (κ3) is 3.86. The van der Waals surface area contributed by atoms with Gasteiger partial charge in [-0.15, -0.1) is 0 Å². The zero-order chi connectivity index (χ0) is 13.0. The standard InChI is InChI=1S/C14H21BrN2/c1-10(2)9-17(5)14-7-6-12(15)8-13(14)11(3)16-4/h6-8,11,16H,1,9H2,2-5H3. The average Bonchev–Trinajstić information content (AvgIpc) is 2.26. The van der Waals surface area contributed by atoms with Crippen LogP contribution in [-0.2, 0) is 0 Å². The van der Waals surface area contributed by atoms with Crippen LogP contribution in [0.3, 0.4) is 0 Å². The summed E-state index contributed by atoms with van der Waals surface area (Å²) in [4.78, 5) is 2.23. The van der Waals surface area contributed by atoms with Gasteiger partial charge in [-0.25, -0.2) is 0 Å². The van der Waals surface area contributed by atoms with Crippen LogP contribution in [0.15, 0.2) is 34.8 Å². The maximum Gasteiger partial charge on any atom is 0.0415 e. The van der Waals surface area contributed by atoms with Crippen LogP contribution in [-0.4, -0.2) is 20.6 Å². The van der Waals surface area contributed by atoms with Gasteiger partial charge in [0.1, 0.15) is 0 Å². The van der Waals surface area contributed by atoms with E-state index in [1.165, 1.54) is 16.8 Å². The SMILES string of the molecule is C=C(C)CN(C)c1ccc(Br)cc1C(C)NC. The van der Waals surface area contributed by atoms with Gasteiger partial charge >= 0.3 is 0 Å². The number of hydrogen-bond donors (Lipinski definition) is 1. The normalized spacial score (nSPS) is 12.3. The molecule has 0 aliphatic rings. The lowest BCUT2D eigenvalue weighted by Crippen LogP contribution is -2.23. The zero-order valence-corrected chi connectivity index (χ0v) is 12.6. The second-order valence-corrected chi connectivity index (χ2v) is 5.44. The highest BCUT2D eigenvalue weighted by molar-refractivity contribution is 9.10. The molecule has 1 atom stereocenters. The first-order valence-corrected chi connectivity index (χ1v) is 6.57. The second kappa shape index (κ2) is 6.22. The molecule has 0 saturated carbocycles. The van der Waals surface area contributed by atoms with E-state index in [4.69, 9.17) is 0 Å². The van der Waals surface area contributed by atoms with E-state index in [-0.39, 0.29) is 0 Å². The Morgan fingerprint density at radius 1 is 1.53 bits per heavy atom. The van der Waals surface area contributed by atoms with Crippen molar-refractivity contribution in [2.24, 2.45) is 0 Å². The van der Waals surface area contributed by atoms with Crippen LogP contribution in [0.2, 0.25) is 0 Å². The van der Waals surface area contributed by atoms with Gasteiger partial charge in [0.15, 0.2) is 0 Å². The van der Waals surface area contributed by atoms with E-state index in [1.807, 2.05) is 7.05 Å². The molecule has 0 aromatic heterocycles. The van der Waals surface area contributed by atoms with E-state index >= 15 is 0 Å². The van der Waals surface area contributed by atoms with Crippen LogP contribution >= 0.6 is 15.9 Å². The summed E-state index contributed by atoms with van der Waals surface area (Å²) in [5.74, 6) is 0. The van der Waals surface area contributed by atoms with Crippen molar-refractivity contribution in [1.82, 2.24) is 5.32 Å². The monoisotopic (exact) mass is 296 g/mol. The van der Waals surface area contributed by atoms with E-state index in [0.29, 0.717) is 6.04 Å². The van der Waals surface area contributed by atoms with Gasteiger partial charge in [-0.2, -0.15) is 0 Å². The van der Waals surface area contributed by atoms with Gasteiger partial charge < -0.3 is 10.2 Å². The van der Waals surface area contributed by atoms with Gasteiger partial charge in [-0.1, -0.05) is 28.1 Å². The Morgan fingerprint density at radius 2 is 2.18 bits per heavy atom. The minimum Gasteiger partial charge on any atom is -0.370 e. The van der Waals surface area contributed by atoms with Crippen LogP contribution in [0.4, 0.5) is 5.69 Å². The molecule has 0 spiro atoms. The van der Waals surface area contributed by atoms with Crippen LogP contribution in [0.5, 0.6) is 0 Å². The molecule has 0 saturated heterocycles. The second-order valence-electron chi connectivity index (χ2n) is 4.53. The molecule has 1 aromatic rings. The molecule has 0 aliphatic carbocycles. The van der Waals surface area contributed by atoms with Crippen molar-refractivity contribution in [3.05, 3.63) is 40.4 Å². The summed E-state index contributed by atoms with van der Waals surface area (Å²) in [5.41, 5.74) is 3.71. The lowest BCUT2D eigenvalue weighted by molar-refractivity contribution is 0.650. The van der Waals surface area contributed by atoms with Crippen molar-refractivity contribution < 1.29 is 0 Å². The summed E-state index contributed by atoms with van der Waals surface area (Å²) in [6, 6.07) is 6.73. The number of nitrogens with one attached hydrogen (secondary N) is 1. The number of anilines is 1. The largest absolute Gasteiger partial charge is 0.370 e. The van der Waals surface area contributed by atoms with E-state index in [0.717, 1.165) is 11.0 Å². The first-order chi connectivity index (χ1) is 7.95. The van der Waals surface area contributed by atoms with Gasteiger partial charge in [0.25, 0.3) is 0 Å². The molecular formula is C14H21BrN2. The van der Waals surface area contributed by atoms with Gasteiger partial charge in [0, 0.05) is 29.8 Å². The number of hydrogen-bond acceptors (Lipinski definition) is 2. The molecule has 1 N–H and O–H groups in total. The molecule has 2 nitrogen and oxygen atoms in total. The first-order valence-electron chi connectivity index (χ1n) is 5.78. The molecule has 1 unspecified atom stereocenters. The fraction of sp³-hybridized carbons (Fsp3) is 0.429. The van der Waals surface area contributed by atoms with E-state index < -0.39 is 0 Å². The molecule has 0 amide bonds. The predicted molar refractivity (Wildman–Crippen MR) is 79.7 cm³/mol. The number of nitrogens with zero attached hydrogens (tertiary/aromatic N) is 1. The lowest BCUT2D eigenvalue weighted by atomic mass is 10.1. The summed E-state index contributed by atoms with van der Waals surface area (Å²) < 4.78 is 1.11. The van der Waals surface area contributed by atoms with E-state index in [9.17, 15) is 0 Å². The molecular weight excluding hydrogens is 276 g/mol. The average molecular weight is 297 g/mol. The summed E-state index contributed by atoms with van der Waals surface area (Å²) in [6.45, 7) is 9.06. The topological polar surface area (TPSA) is 15.3 Å². The fourth-order valence-electron chi connectivity index (χ4n) is 1.87.